The number of rotatable bonds is 4. The maximum atomic E-state index is 13.2. The van der Waals surface area contributed by atoms with E-state index >= 15 is 0 Å². The van der Waals surface area contributed by atoms with Crippen LogP contribution >= 0.6 is 12.2 Å². The number of anilines is 1. The molecule has 98 valence electrons. The van der Waals surface area contributed by atoms with Gasteiger partial charge in [-0.2, -0.15) is 0 Å². The highest BCUT2D eigenvalue weighted by atomic mass is 32.1. The van der Waals surface area contributed by atoms with Crippen molar-refractivity contribution in [2.24, 2.45) is 11.1 Å². The van der Waals surface area contributed by atoms with E-state index in [2.05, 4.69) is 5.32 Å². The Balaban J connectivity index is 2.95. The number of carbonyl (C=O) groups excluding carboxylic acids is 1. The van der Waals surface area contributed by atoms with Crippen LogP contribution in [0.5, 0.6) is 5.75 Å². The third-order valence-corrected chi connectivity index (χ3v) is 3.06. The monoisotopic (exact) mass is 270 g/mol. The predicted octanol–water partition coefficient (Wildman–Crippen LogP) is 2.09. The summed E-state index contributed by atoms with van der Waals surface area (Å²) in [6.07, 6.45) is 0. The van der Waals surface area contributed by atoms with Gasteiger partial charge in [0.25, 0.3) is 0 Å². The van der Waals surface area contributed by atoms with Crippen molar-refractivity contribution in [3.8, 4) is 5.75 Å². The molecule has 0 aromatic heterocycles. The molecule has 0 heterocycles. The molecule has 0 bridgehead atoms. The van der Waals surface area contributed by atoms with Gasteiger partial charge in [0.15, 0.2) is 0 Å². The summed E-state index contributed by atoms with van der Waals surface area (Å²) in [5, 5.41) is 2.55. The molecule has 1 amide bonds. The smallest absolute Gasteiger partial charge is 0.236 e. The summed E-state index contributed by atoms with van der Waals surface area (Å²) in [5.74, 6) is -0.584. The minimum atomic E-state index is -1.01. The van der Waals surface area contributed by atoms with Crippen LogP contribution in [0.15, 0.2) is 18.2 Å². The van der Waals surface area contributed by atoms with E-state index in [0.717, 1.165) is 0 Å². The lowest BCUT2D eigenvalue weighted by molar-refractivity contribution is -0.121. The van der Waals surface area contributed by atoms with Gasteiger partial charge in [-0.05, 0) is 19.9 Å². The second-order valence-electron chi connectivity index (χ2n) is 4.32. The molecule has 0 saturated carbocycles. The lowest BCUT2D eigenvalue weighted by atomic mass is 9.92. The number of hydrogen-bond donors (Lipinski definition) is 2. The second kappa shape index (κ2) is 5.30. The van der Waals surface area contributed by atoms with E-state index in [9.17, 15) is 9.18 Å². The molecule has 3 N–H and O–H groups in total. The number of nitrogens with two attached hydrogens (primary N) is 1. The van der Waals surface area contributed by atoms with E-state index in [1.807, 2.05) is 0 Å². The Morgan fingerprint density at radius 3 is 2.56 bits per heavy atom. The van der Waals surface area contributed by atoms with Gasteiger partial charge in [-0.3, -0.25) is 4.79 Å². The van der Waals surface area contributed by atoms with Gasteiger partial charge in [0.1, 0.15) is 11.6 Å². The Morgan fingerprint density at radius 2 is 2.06 bits per heavy atom. The fourth-order valence-electron chi connectivity index (χ4n) is 1.15. The fourth-order valence-corrected chi connectivity index (χ4v) is 1.24. The van der Waals surface area contributed by atoms with Crippen molar-refractivity contribution < 1.29 is 13.9 Å². The van der Waals surface area contributed by atoms with E-state index in [4.69, 9.17) is 22.7 Å². The number of amides is 1. The predicted molar refractivity (Wildman–Crippen MR) is 72.1 cm³/mol. The SMILES string of the molecule is COc1cc(F)cc(NC(=O)C(C)(C)C(N)=S)c1. The van der Waals surface area contributed by atoms with Crippen LogP contribution in [0.25, 0.3) is 0 Å². The number of ether oxygens (including phenoxy) is 1. The minimum absolute atomic E-state index is 0.0726. The summed E-state index contributed by atoms with van der Waals surface area (Å²) in [6.45, 7) is 3.20. The van der Waals surface area contributed by atoms with Crippen molar-refractivity contribution in [1.29, 1.82) is 0 Å². The van der Waals surface area contributed by atoms with Gasteiger partial charge in [0.05, 0.1) is 17.5 Å². The third-order valence-electron chi connectivity index (χ3n) is 2.55. The molecule has 0 atom stereocenters. The van der Waals surface area contributed by atoms with E-state index < -0.39 is 17.1 Å². The maximum Gasteiger partial charge on any atom is 0.236 e. The summed E-state index contributed by atoms with van der Waals surface area (Å²) in [5.41, 5.74) is 4.77. The van der Waals surface area contributed by atoms with Crippen molar-refractivity contribution in [3.05, 3.63) is 24.0 Å². The number of carbonyl (C=O) groups is 1. The van der Waals surface area contributed by atoms with E-state index in [1.165, 1.54) is 25.3 Å². The van der Waals surface area contributed by atoms with Gasteiger partial charge in [-0.15, -0.1) is 0 Å². The molecule has 1 rings (SSSR count). The zero-order valence-corrected chi connectivity index (χ0v) is 11.2. The summed E-state index contributed by atoms with van der Waals surface area (Å²) in [4.78, 5) is 12.0. The molecule has 0 aliphatic heterocycles. The van der Waals surface area contributed by atoms with Crippen molar-refractivity contribution in [2.45, 2.75) is 13.8 Å². The van der Waals surface area contributed by atoms with E-state index in [-0.39, 0.29) is 4.99 Å². The van der Waals surface area contributed by atoms with Gasteiger partial charge in [0, 0.05) is 17.8 Å². The lowest BCUT2D eigenvalue weighted by Crippen LogP contribution is -2.41. The molecule has 0 saturated heterocycles. The summed E-state index contributed by atoms with van der Waals surface area (Å²) in [7, 11) is 1.42. The number of hydrogen-bond acceptors (Lipinski definition) is 3. The lowest BCUT2D eigenvalue weighted by Gasteiger charge is -2.22. The minimum Gasteiger partial charge on any atom is -0.497 e. The highest BCUT2D eigenvalue weighted by Crippen LogP contribution is 2.23. The summed E-state index contributed by atoms with van der Waals surface area (Å²) in [6, 6.07) is 3.92. The largest absolute Gasteiger partial charge is 0.497 e. The van der Waals surface area contributed by atoms with E-state index in [0.29, 0.717) is 11.4 Å². The van der Waals surface area contributed by atoms with Gasteiger partial charge < -0.3 is 15.8 Å². The zero-order chi connectivity index (χ0) is 13.9. The second-order valence-corrected chi connectivity index (χ2v) is 4.76. The quantitative estimate of drug-likeness (QED) is 0.822. The Kier molecular flexibility index (Phi) is 4.24. The Labute approximate surface area is 110 Å². The Hall–Kier alpha value is -1.69. The molecule has 0 aliphatic carbocycles. The van der Waals surface area contributed by atoms with Crippen molar-refractivity contribution >= 4 is 28.8 Å². The van der Waals surface area contributed by atoms with Crippen LogP contribution in [0.3, 0.4) is 0 Å². The van der Waals surface area contributed by atoms with Crippen molar-refractivity contribution in [1.82, 2.24) is 0 Å². The number of halogens is 1. The van der Waals surface area contributed by atoms with Crippen LogP contribution in [0.1, 0.15) is 13.8 Å². The standard InChI is InChI=1S/C12H15FN2O2S/c1-12(2,10(14)18)11(16)15-8-4-7(13)5-9(6-8)17-3/h4-6H,1-3H3,(H2,14,18)(H,15,16). The van der Waals surface area contributed by atoms with Gasteiger partial charge in [-0.1, -0.05) is 12.2 Å². The molecular weight excluding hydrogens is 255 g/mol. The molecule has 18 heavy (non-hydrogen) atoms. The molecule has 1 aromatic rings. The first-order valence-corrected chi connectivity index (χ1v) is 5.64. The van der Waals surface area contributed by atoms with Crippen LogP contribution < -0.4 is 15.8 Å². The molecule has 0 fully saturated rings. The van der Waals surface area contributed by atoms with Gasteiger partial charge >= 0.3 is 0 Å². The van der Waals surface area contributed by atoms with E-state index in [1.54, 1.807) is 13.8 Å². The van der Waals surface area contributed by atoms with Crippen molar-refractivity contribution in [3.63, 3.8) is 0 Å². The van der Waals surface area contributed by atoms with Crippen LogP contribution in [-0.2, 0) is 4.79 Å². The Bertz CT molecular complexity index is 489. The molecule has 1 aromatic carbocycles. The molecule has 0 spiro atoms. The van der Waals surface area contributed by atoms with Crippen LogP contribution in [0.2, 0.25) is 0 Å². The number of benzene rings is 1. The zero-order valence-electron chi connectivity index (χ0n) is 10.4. The molecule has 6 heteroatoms. The fraction of sp³-hybridized carbons (Fsp3) is 0.333. The van der Waals surface area contributed by atoms with Gasteiger partial charge in [0.2, 0.25) is 5.91 Å². The average Bonchev–Trinajstić information content (AvgIpc) is 2.27. The molecule has 0 radical (unpaired) electrons. The molecule has 4 nitrogen and oxygen atoms in total. The van der Waals surface area contributed by atoms with Crippen LogP contribution in [0.4, 0.5) is 10.1 Å². The van der Waals surface area contributed by atoms with Crippen LogP contribution in [-0.4, -0.2) is 18.0 Å². The first-order valence-electron chi connectivity index (χ1n) is 5.23. The number of nitrogens with one attached hydrogen (secondary N) is 1. The summed E-state index contributed by atoms with van der Waals surface area (Å²) < 4.78 is 18.1. The first kappa shape index (κ1) is 14.4. The third kappa shape index (κ3) is 3.16. The Morgan fingerprint density at radius 1 is 1.44 bits per heavy atom. The maximum absolute atomic E-state index is 13.2. The number of methoxy groups -OCH3 is 1. The van der Waals surface area contributed by atoms with Crippen molar-refractivity contribution in [2.75, 3.05) is 12.4 Å². The summed E-state index contributed by atoms with van der Waals surface area (Å²) >= 11 is 4.82. The highest BCUT2D eigenvalue weighted by Gasteiger charge is 2.31. The normalized spacial score (nSPS) is 10.9. The molecule has 0 unspecified atom stereocenters. The molecular formula is C12H15FN2O2S. The highest BCUT2D eigenvalue weighted by molar-refractivity contribution is 7.80. The topological polar surface area (TPSA) is 64.3 Å². The van der Waals surface area contributed by atoms with Gasteiger partial charge in [-0.25, -0.2) is 4.39 Å². The number of thiocarbonyl (C=S) groups is 1. The van der Waals surface area contributed by atoms with Crippen LogP contribution in [0, 0.1) is 11.2 Å². The first-order chi connectivity index (χ1) is 8.27. The average molecular weight is 270 g/mol. The molecule has 0 aliphatic rings.